The second-order valence-corrected chi connectivity index (χ2v) is 6.20. The number of hydrogen-bond acceptors (Lipinski definition) is 5. The molecule has 0 saturated heterocycles. The molecule has 8 heteroatoms. The normalized spacial score (nSPS) is 11.2. The molecule has 0 unspecified atom stereocenters. The fourth-order valence-corrected chi connectivity index (χ4v) is 2.06. The molecule has 22 heavy (non-hydrogen) atoms. The Morgan fingerprint density at radius 2 is 1.86 bits per heavy atom. The molecule has 120 valence electrons. The lowest BCUT2D eigenvalue weighted by Crippen LogP contribution is -2.24. The molecule has 0 fully saturated rings. The van der Waals surface area contributed by atoms with Crippen LogP contribution in [0.15, 0.2) is 30.3 Å². The molecular formula is C14H18N2O5S. The van der Waals surface area contributed by atoms with Gasteiger partial charge in [-0.1, -0.05) is 12.1 Å². The first-order valence-electron chi connectivity index (χ1n) is 6.41. The molecule has 0 aliphatic carbocycles. The lowest BCUT2D eigenvalue weighted by Gasteiger charge is -2.03. The van der Waals surface area contributed by atoms with Crippen LogP contribution in [0.5, 0.6) is 0 Å². The van der Waals surface area contributed by atoms with E-state index >= 15 is 0 Å². The molecule has 0 radical (unpaired) electrons. The van der Waals surface area contributed by atoms with Gasteiger partial charge in [0.2, 0.25) is 15.9 Å². The Kier molecular flexibility index (Phi) is 6.58. The zero-order valence-electron chi connectivity index (χ0n) is 12.3. The number of carbonyl (C=O) groups excluding carboxylic acids is 2. The number of sulfonamides is 1. The molecular weight excluding hydrogens is 308 g/mol. The lowest BCUT2D eigenvalue weighted by atomic mass is 10.2. The Morgan fingerprint density at radius 3 is 2.41 bits per heavy atom. The van der Waals surface area contributed by atoms with Crippen molar-refractivity contribution in [3.8, 4) is 0 Å². The molecule has 0 bridgehead atoms. The van der Waals surface area contributed by atoms with Gasteiger partial charge in [-0.15, -0.1) is 0 Å². The average Bonchev–Trinajstić information content (AvgIpc) is 2.44. The van der Waals surface area contributed by atoms with Crippen molar-refractivity contribution < 1.29 is 22.7 Å². The molecule has 0 aromatic heterocycles. The first-order chi connectivity index (χ1) is 10.3. The second kappa shape index (κ2) is 8.18. The number of methoxy groups -OCH3 is 1. The quantitative estimate of drug-likeness (QED) is 0.569. The highest BCUT2D eigenvalue weighted by Gasteiger charge is 2.02. The van der Waals surface area contributed by atoms with Crippen LogP contribution in [0.4, 0.5) is 5.69 Å². The third-order valence-corrected chi connectivity index (χ3v) is 3.10. The van der Waals surface area contributed by atoms with Gasteiger partial charge in [-0.05, 0) is 23.8 Å². The van der Waals surface area contributed by atoms with E-state index in [1.54, 1.807) is 30.3 Å². The van der Waals surface area contributed by atoms with Crippen LogP contribution in [-0.4, -0.2) is 40.2 Å². The number of rotatable bonds is 7. The van der Waals surface area contributed by atoms with Crippen molar-refractivity contribution in [1.29, 1.82) is 0 Å². The summed E-state index contributed by atoms with van der Waals surface area (Å²) in [6.07, 6.45) is 4.09. The van der Waals surface area contributed by atoms with E-state index in [2.05, 4.69) is 14.8 Å². The van der Waals surface area contributed by atoms with Crippen LogP contribution in [0.25, 0.3) is 6.08 Å². The minimum Gasteiger partial charge on any atom is -0.469 e. The maximum Gasteiger partial charge on any atom is 0.307 e. The second-order valence-electron chi connectivity index (χ2n) is 4.45. The van der Waals surface area contributed by atoms with E-state index in [-0.39, 0.29) is 18.9 Å². The minimum atomic E-state index is -3.31. The van der Waals surface area contributed by atoms with Crippen molar-refractivity contribution in [3.05, 3.63) is 35.9 Å². The van der Waals surface area contributed by atoms with E-state index in [0.29, 0.717) is 5.69 Å². The SMILES string of the molecule is COC(=O)CCNC(=O)/C=C/c1ccc(NS(C)(=O)=O)cc1. The van der Waals surface area contributed by atoms with Crippen molar-refractivity contribution >= 4 is 33.7 Å². The smallest absolute Gasteiger partial charge is 0.307 e. The van der Waals surface area contributed by atoms with Crippen LogP contribution in [0.3, 0.4) is 0 Å². The van der Waals surface area contributed by atoms with Crippen LogP contribution < -0.4 is 10.0 Å². The number of esters is 1. The molecule has 2 N–H and O–H groups in total. The van der Waals surface area contributed by atoms with Gasteiger partial charge < -0.3 is 10.1 Å². The molecule has 1 aromatic carbocycles. The van der Waals surface area contributed by atoms with Crippen LogP contribution in [0.2, 0.25) is 0 Å². The van der Waals surface area contributed by atoms with Crippen molar-refractivity contribution in [2.45, 2.75) is 6.42 Å². The Labute approximate surface area is 129 Å². The van der Waals surface area contributed by atoms with Gasteiger partial charge in [-0.2, -0.15) is 0 Å². The van der Waals surface area contributed by atoms with Crippen molar-refractivity contribution in [2.75, 3.05) is 24.6 Å². The molecule has 0 aliphatic heterocycles. The fraction of sp³-hybridized carbons (Fsp3) is 0.286. The number of ether oxygens (including phenoxy) is 1. The number of hydrogen-bond donors (Lipinski definition) is 2. The summed E-state index contributed by atoms with van der Waals surface area (Å²) in [5.41, 5.74) is 1.18. The van der Waals surface area contributed by atoms with E-state index in [9.17, 15) is 18.0 Å². The predicted octanol–water partition coefficient (Wildman–Crippen LogP) is 0.751. The topological polar surface area (TPSA) is 102 Å². The molecule has 0 heterocycles. The summed E-state index contributed by atoms with van der Waals surface area (Å²) in [4.78, 5) is 22.4. The van der Waals surface area contributed by atoms with Crippen LogP contribution in [0, 0.1) is 0 Å². The molecule has 1 amide bonds. The summed E-state index contributed by atoms with van der Waals surface area (Å²) in [5.74, 6) is -0.722. The van der Waals surface area contributed by atoms with E-state index < -0.39 is 16.0 Å². The standard InChI is InChI=1S/C14H18N2O5S/c1-21-14(18)9-10-15-13(17)8-5-11-3-6-12(7-4-11)16-22(2,19)20/h3-8,16H,9-10H2,1-2H3,(H,15,17)/b8-5+. The maximum absolute atomic E-state index is 11.5. The Morgan fingerprint density at radius 1 is 1.23 bits per heavy atom. The zero-order chi connectivity index (χ0) is 16.6. The summed E-state index contributed by atoms with van der Waals surface area (Å²) >= 11 is 0. The third-order valence-electron chi connectivity index (χ3n) is 2.50. The van der Waals surface area contributed by atoms with E-state index in [1.807, 2.05) is 0 Å². The largest absolute Gasteiger partial charge is 0.469 e. The van der Waals surface area contributed by atoms with Gasteiger partial charge in [0.15, 0.2) is 0 Å². The van der Waals surface area contributed by atoms with E-state index in [4.69, 9.17) is 0 Å². The van der Waals surface area contributed by atoms with Gasteiger partial charge in [0.05, 0.1) is 19.8 Å². The highest BCUT2D eigenvalue weighted by molar-refractivity contribution is 7.92. The molecule has 0 aliphatic rings. The molecule has 0 spiro atoms. The van der Waals surface area contributed by atoms with Gasteiger partial charge >= 0.3 is 5.97 Å². The first-order valence-corrected chi connectivity index (χ1v) is 8.30. The zero-order valence-corrected chi connectivity index (χ0v) is 13.1. The average molecular weight is 326 g/mol. The highest BCUT2D eigenvalue weighted by atomic mass is 32.2. The lowest BCUT2D eigenvalue weighted by molar-refractivity contribution is -0.140. The summed E-state index contributed by atoms with van der Waals surface area (Å²) in [7, 11) is -2.02. The Balaban J connectivity index is 2.49. The predicted molar refractivity (Wildman–Crippen MR) is 83.6 cm³/mol. The molecule has 0 saturated carbocycles. The molecule has 0 atom stereocenters. The number of amides is 1. The Bertz CT molecular complexity index is 650. The van der Waals surface area contributed by atoms with Gasteiger partial charge in [0.25, 0.3) is 0 Å². The summed E-state index contributed by atoms with van der Waals surface area (Å²) in [6.45, 7) is 0.201. The number of carbonyl (C=O) groups is 2. The van der Waals surface area contributed by atoms with Gasteiger partial charge in [-0.25, -0.2) is 8.42 Å². The molecule has 1 rings (SSSR count). The monoisotopic (exact) mass is 326 g/mol. The van der Waals surface area contributed by atoms with Gasteiger partial charge in [0.1, 0.15) is 0 Å². The first kappa shape index (κ1) is 17.7. The van der Waals surface area contributed by atoms with Crippen molar-refractivity contribution in [3.63, 3.8) is 0 Å². The fourth-order valence-electron chi connectivity index (χ4n) is 1.50. The Hall–Kier alpha value is -2.35. The van der Waals surface area contributed by atoms with Crippen molar-refractivity contribution in [1.82, 2.24) is 5.32 Å². The van der Waals surface area contributed by atoms with E-state index in [1.165, 1.54) is 13.2 Å². The molecule has 1 aromatic rings. The van der Waals surface area contributed by atoms with Crippen molar-refractivity contribution in [2.24, 2.45) is 0 Å². The van der Waals surface area contributed by atoms with E-state index in [0.717, 1.165) is 11.8 Å². The molecule has 7 nitrogen and oxygen atoms in total. The summed E-state index contributed by atoms with van der Waals surface area (Å²) in [6, 6.07) is 6.53. The maximum atomic E-state index is 11.5. The van der Waals surface area contributed by atoms with Crippen LogP contribution in [-0.2, 0) is 24.3 Å². The minimum absolute atomic E-state index is 0.113. The highest BCUT2D eigenvalue weighted by Crippen LogP contribution is 2.11. The number of nitrogens with one attached hydrogen (secondary N) is 2. The number of benzene rings is 1. The van der Waals surface area contributed by atoms with Crippen LogP contribution >= 0.6 is 0 Å². The number of anilines is 1. The summed E-state index contributed by atoms with van der Waals surface area (Å²) in [5, 5.41) is 2.54. The van der Waals surface area contributed by atoms with Gasteiger partial charge in [0, 0.05) is 18.3 Å². The van der Waals surface area contributed by atoms with Crippen LogP contribution in [0.1, 0.15) is 12.0 Å². The third kappa shape index (κ3) is 7.44. The summed E-state index contributed by atoms with van der Waals surface area (Å²) < 4.78 is 28.9. The van der Waals surface area contributed by atoms with Gasteiger partial charge in [-0.3, -0.25) is 14.3 Å².